The second kappa shape index (κ2) is 11.9. The van der Waals surface area contributed by atoms with E-state index in [2.05, 4.69) is 5.32 Å². The summed E-state index contributed by atoms with van der Waals surface area (Å²) in [6.07, 6.45) is 1.54. The number of thioether (sulfide) groups is 1. The van der Waals surface area contributed by atoms with Gasteiger partial charge in [0.05, 0.1) is 29.7 Å². The van der Waals surface area contributed by atoms with Crippen molar-refractivity contribution in [3.8, 4) is 11.5 Å². The number of nitrogens with zero attached hydrogens (tertiary/aromatic N) is 1. The van der Waals surface area contributed by atoms with Gasteiger partial charge in [0, 0.05) is 12.8 Å². The molecule has 0 radical (unpaired) electrons. The first-order valence-corrected chi connectivity index (χ1v) is 11.4. The number of benzene rings is 2. The van der Waals surface area contributed by atoms with Crippen LogP contribution in [0.15, 0.2) is 41.3 Å². The lowest BCUT2D eigenvalue weighted by atomic mass is 10.1. The number of amides is 3. The van der Waals surface area contributed by atoms with Crippen molar-refractivity contribution in [2.45, 2.75) is 6.92 Å². The number of methoxy groups -OCH3 is 1. The molecule has 0 aliphatic carbocycles. The van der Waals surface area contributed by atoms with E-state index in [-0.39, 0.29) is 46.4 Å². The normalized spacial score (nSPS) is 14.6. The lowest BCUT2D eigenvalue weighted by molar-refractivity contribution is -0.123. The average molecular weight is 509 g/mol. The number of rotatable bonds is 10. The fourth-order valence-corrected chi connectivity index (χ4v) is 4.11. The molecule has 2 aromatic rings. The quantitative estimate of drug-likeness (QED) is 0.469. The van der Waals surface area contributed by atoms with Crippen LogP contribution in [0.5, 0.6) is 11.5 Å². The Morgan fingerprint density at radius 2 is 1.94 bits per heavy atom. The zero-order chi connectivity index (χ0) is 24.7. The molecule has 1 heterocycles. The zero-order valence-corrected chi connectivity index (χ0v) is 20.0. The topological polar surface area (TPSA) is 94.2 Å². The monoisotopic (exact) mass is 508 g/mol. The summed E-state index contributed by atoms with van der Waals surface area (Å²) in [4.78, 5) is 38.2. The molecule has 1 aliphatic heterocycles. The number of halogens is 2. The summed E-state index contributed by atoms with van der Waals surface area (Å²) < 4.78 is 29.1. The minimum atomic E-state index is -0.473. The molecule has 3 rings (SSSR count). The first-order valence-electron chi connectivity index (χ1n) is 10.2. The smallest absolute Gasteiger partial charge is 0.293 e. The number of carbonyl (C=O) groups is 3. The maximum Gasteiger partial charge on any atom is 0.293 e. The molecule has 0 unspecified atom stereocenters. The average Bonchev–Trinajstić information content (AvgIpc) is 3.05. The molecule has 8 nitrogen and oxygen atoms in total. The summed E-state index contributed by atoms with van der Waals surface area (Å²) in [5.41, 5.74) is 0.940. The minimum Gasteiger partial charge on any atom is -0.490 e. The van der Waals surface area contributed by atoms with Crippen LogP contribution in [0.3, 0.4) is 0 Å². The van der Waals surface area contributed by atoms with Crippen molar-refractivity contribution < 1.29 is 33.0 Å². The van der Waals surface area contributed by atoms with Gasteiger partial charge >= 0.3 is 0 Å². The summed E-state index contributed by atoms with van der Waals surface area (Å²) in [5, 5.41) is 2.37. The fraction of sp³-hybridized carbons (Fsp3) is 0.261. The highest BCUT2D eigenvalue weighted by atomic mass is 35.5. The summed E-state index contributed by atoms with van der Waals surface area (Å²) in [7, 11) is 1.49. The van der Waals surface area contributed by atoms with Gasteiger partial charge in [-0.05, 0) is 66.7 Å². The van der Waals surface area contributed by atoms with Crippen LogP contribution in [-0.2, 0) is 14.3 Å². The predicted molar refractivity (Wildman–Crippen MR) is 128 cm³/mol. The largest absolute Gasteiger partial charge is 0.490 e. The Kier molecular flexibility index (Phi) is 8.91. The molecule has 0 saturated carbocycles. The highest BCUT2D eigenvalue weighted by Gasteiger charge is 2.34. The molecule has 180 valence electrons. The van der Waals surface area contributed by atoms with E-state index in [4.69, 9.17) is 25.8 Å². The molecular formula is C23H22ClFN2O6S. The number of imide groups is 1. The first-order chi connectivity index (χ1) is 16.3. The standard InChI is InChI=1S/C23H22ClFN2O6S/c1-3-32-18-11-14(12-19-22(29)27(8-9-31-2)23(30)34-19)10-17(24)21(18)33-13-20(28)26-16-6-4-15(25)5-7-16/h4-7,10-12H,3,8-9,13H2,1-2H3,(H,26,28)/b19-12+. The Balaban J connectivity index is 1.74. The number of ether oxygens (including phenoxy) is 3. The summed E-state index contributed by atoms with van der Waals surface area (Å²) >= 11 is 7.21. The van der Waals surface area contributed by atoms with Crippen LogP contribution in [0.2, 0.25) is 5.02 Å². The van der Waals surface area contributed by atoms with Crippen molar-refractivity contribution in [3.05, 3.63) is 57.7 Å². The van der Waals surface area contributed by atoms with E-state index in [9.17, 15) is 18.8 Å². The number of carbonyl (C=O) groups excluding carboxylic acids is 3. The van der Waals surface area contributed by atoms with Gasteiger partial charge in [0.2, 0.25) is 0 Å². The van der Waals surface area contributed by atoms with Crippen LogP contribution in [0.4, 0.5) is 14.9 Å². The fourth-order valence-electron chi connectivity index (χ4n) is 2.97. The minimum absolute atomic E-state index is 0.156. The molecule has 1 saturated heterocycles. The number of hydrogen-bond acceptors (Lipinski definition) is 7. The van der Waals surface area contributed by atoms with Crippen LogP contribution < -0.4 is 14.8 Å². The van der Waals surface area contributed by atoms with Crippen molar-refractivity contribution in [2.75, 3.05) is 38.8 Å². The summed E-state index contributed by atoms with van der Waals surface area (Å²) in [6, 6.07) is 8.46. The van der Waals surface area contributed by atoms with Gasteiger partial charge in [-0.15, -0.1) is 0 Å². The van der Waals surface area contributed by atoms with Gasteiger partial charge < -0.3 is 19.5 Å². The van der Waals surface area contributed by atoms with Crippen molar-refractivity contribution >= 4 is 52.2 Å². The maximum atomic E-state index is 13.0. The van der Waals surface area contributed by atoms with Crippen LogP contribution in [-0.4, -0.2) is 55.4 Å². The van der Waals surface area contributed by atoms with E-state index in [0.29, 0.717) is 17.9 Å². The van der Waals surface area contributed by atoms with Gasteiger partial charge in [-0.25, -0.2) is 4.39 Å². The van der Waals surface area contributed by atoms with Crippen molar-refractivity contribution in [1.29, 1.82) is 0 Å². The molecule has 3 amide bonds. The number of nitrogens with one attached hydrogen (secondary N) is 1. The molecule has 0 spiro atoms. The molecular weight excluding hydrogens is 487 g/mol. The lowest BCUT2D eigenvalue weighted by Gasteiger charge is -2.15. The van der Waals surface area contributed by atoms with E-state index in [0.717, 1.165) is 16.7 Å². The zero-order valence-electron chi connectivity index (χ0n) is 18.4. The SMILES string of the molecule is CCOc1cc(/C=C2/SC(=O)N(CCOC)C2=O)cc(Cl)c1OCC(=O)Nc1ccc(F)cc1. The van der Waals surface area contributed by atoms with Gasteiger partial charge in [0.15, 0.2) is 18.1 Å². The third kappa shape index (κ3) is 6.49. The van der Waals surface area contributed by atoms with Gasteiger partial charge in [-0.3, -0.25) is 19.3 Å². The molecule has 1 fully saturated rings. The second-order valence-corrected chi connectivity index (χ2v) is 8.33. The van der Waals surface area contributed by atoms with Crippen molar-refractivity contribution in [3.63, 3.8) is 0 Å². The van der Waals surface area contributed by atoms with E-state index in [1.807, 2.05) is 0 Å². The molecule has 0 atom stereocenters. The van der Waals surface area contributed by atoms with Crippen LogP contribution in [0.25, 0.3) is 6.08 Å². The van der Waals surface area contributed by atoms with Crippen molar-refractivity contribution in [2.24, 2.45) is 0 Å². The van der Waals surface area contributed by atoms with Crippen LogP contribution in [0.1, 0.15) is 12.5 Å². The molecule has 0 aromatic heterocycles. The Bertz CT molecular complexity index is 1110. The van der Waals surface area contributed by atoms with Gasteiger partial charge in [0.25, 0.3) is 17.1 Å². The third-order valence-electron chi connectivity index (χ3n) is 4.50. The second-order valence-electron chi connectivity index (χ2n) is 6.93. The van der Waals surface area contributed by atoms with Gasteiger partial charge in [0.1, 0.15) is 5.82 Å². The number of anilines is 1. The molecule has 0 bridgehead atoms. The Hall–Kier alpha value is -3.08. The highest BCUT2D eigenvalue weighted by molar-refractivity contribution is 8.18. The van der Waals surface area contributed by atoms with E-state index in [1.165, 1.54) is 37.5 Å². The first kappa shape index (κ1) is 25.5. The highest BCUT2D eigenvalue weighted by Crippen LogP contribution is 2.39. The van der Waals surface area contributed by atoms with Crippen LogP contribution >= 0.6 is 23.4 Å². The Labute approximate surface area is 205 Å². The molecule has 11 heteroatoms. The summed E-state index contributed by atoms with van der Waals surface area (Å²) in [5.74, 6) is -0.877. The summed E-state index contributed by atoms with van der Waals surface area (Å²) in [6.45, 7) is 2.11. The lowest BCUT2D eigenvalue weighted by Crippen LogP contribution is -2.31. The predicted octanol–water partition coefficient (Wildman–Crippen LogP) is 4.58. The maximum absolute atomic E-state index is 13.0. The van der Waals surface area contributed by atoms with Gasteiger partial charge in [-0.2, -0.15) is 0 Å². The Morgan fingerprint density at radius 3 is 2.62 bits per heavy atom. The van der Waals surface area contributed by atoms with E-state index >= 15 is 0 Å². The van der Waals surface area contributed by atoms with E-state index in [1.54, 1.807) is 19.1 Å². The molecule has 34 heavy (non-hydrogen) atoms. The third-order valence-corrected chi connectivity index (χ3v) is 5.69. The number of hydrogen-bond donors (Lipinski definition) is 1. The molecule has 1 N–H and O–H groups in total. The van der Waals surface area contributed by atoms with E-state index < -0.39 is 17.6 Å². The van der Waals surface area contributed by atoms with Gasteiger partial charge in [-0.1, -0.05) is 11.6 Å². The van der Waals surface area contributed by atoms with Crippen molar-refractivity contribution in [1.82, 2.24) is 4.90 Å². The Morgan fingerprint density at radius 1 is 1.21 bits per heavy atom. The molecule has 2 aromatic carbocycles. The van der Waals surface area contributed by atoms with Crippen LogP contribution in [0, 0.1) is 5.82 Å². The molecule has 1 aliphatic rings.